The zero-order valence-electron chi connectivity index (χ0n) is 12.7. The van der Waals surface area contributed by atoms with Crippen LogP contribution in [0.5, 0.6) is 0 Å². The van der Waals surface area contributed by atoms with Crippen LogP contribution in [-0.2, 0) is 0 Å². The summed E-state index contributed by atoms with van der Waals surface area (Å²) in [6.45, 7) is 0.513. The highest BCUT2D eigenvalue weighted by molar-refractivity contribution is 9.09. The van der Waals surface area contributed by atoms with Crippen molar-refractivity contribution in [1.29, 1.82) is 0 Å². The van der Waals surface area contributed by atoms with E-state index in [-0.39, 0.29) is 5.56 Å². The number of carboxylic acid groups (broad SMARTS) is 1. The number of hydrogen-bond acceptors (Lipinski definition) is 3. The molecule has 0 saturated heterocycles. The molecule has 0 saturated carbocycles. The van der Waals surface area contributed by atoms with Gasteiger partial charge in [0.1, 0.15) is 5.56 Å². The Morgan fingerprint density at radius 2 is 1.75 bits per heavy atom. The van der Waals surface area contributed by atoms with Crippen LogP contribution in [0.3, 0.4) is 0 Å². The molecule has 0 aliphatic heterocycles. The largest absolute Gasteiger partial charge is 0.477 e. The summed E-state index contributed by atoms with van der Waals surface area (Å²) in [5.41, 5.74) is 0.849. The van der Waals surface area contributed by atoms with Gasteiger partial charge >= 0.3 is 5.97 Å². The Balaban J connectivity index is 2.44. The lowest BCUT2D eigenvalue weighted by Gasteiger charge is -2.17. The zero-order chi connectivity index (χ0) is 17.1. The maximum Gasteiger partial charge on any atom is 0.343 e. The van der Waals surface area contributed by atoms with Crippen LogP contribution in [0.1, 0.15) is 10.4 Å². The Hall–Kier alpha value is -2.60. The van der Waals surface area contributed by atoms with Gasteiger partial charge in [0.25, 0.3) is 5.56 Å². The van der Waals surface area contributed by atoms with Crippen molar-refractivity contribution in [3.63, 3.8) is 0 Å². The Kier molecular flexibility index (Phi) is 4.66. The normalized spacial score (nSPS) is 10.7. The fourth-order valence-corrected chi connectivity index (χ4v) is 2.93. The third-order valence-corrected chi connectivity index (χ3v) is 4.10. The van der Waals surface area contributed by atoms with Gasteiger partial charge in [0.05, 0.1) is 11.2 Å². The molecule has 5 nitrogen and oxygen atoms in total. The highest BCUT2D eigenvalue weighted by Gasteiger charge is 2.22. The van der Waals surface area contributed by atoms with E-state index in [1.807, 2.05) is 42.5 Å². The number of carbonyl (C=O) groups is 1. The maximum absolute atomic E-state index is 12.9. The van der Waals surface area contributed by atoms with Gasteiger partial charge in [0, 0.05) is 22.9 Å². The van der Waals surface area contributed by atoms with E-state index < -0.39 is 11.5 Å². The summed E-state index contributed by atoms with van der Waals surface area (Å²) in [4.78, 5) is 24.7. The smallest absolute Gasteiger partial charge is 0.343 e. The molecule has 0 radical (unpaired) electrons. The molecular weight excluding hydrogens is 372 g/mol. The number of fused-ring (bicyclic) bond motifs is 1. The molecule has 0 aliphatic rings. The van der Waals surface area contributed by atoms with Crippen molar-refractivity contribution in [3.8, 4) is 5.69 Å². The molecule has 0 atom stereocenters. The number of aromatic carboxylic acids is 1. The fourth-order valence-electron chi connectivity index (χ4n) is 2.73. The molecule has 0 unspecified atom stereocenters. The van der Waals surface area contributed by atoms with Gasteiger partial charge in [0.15, 0.2) is 0 Å². The second kappa shape index (κ2) is 6.88. The molecule has 0 amide bonds. The number of alkyl halides is 1. The first kappa shape index (κ1) is 16.3. The van der Waals surface area contributed by atoms with Crippen molar-refractivity contribution in [1.82, 2.24) is 4.57 Å². The molecule has 0 spiro atoms. The second-order valence-electron chi connectivity index (χ2n) is 5.16. The lowest BCUT2D eigenvalue weighted by Crippen LogP contribution is -2.28. The average Bonchev–Trinajstić information content (AvgIpc) is 2.60. The summed E-state index contributed by atoms with van der Waals surface area (Å²) in [6, 6.07) is 16.3. The molecule has 0 bridgehead atoms. The van der Waals surface area contributed by atoms with E-state index >= 15 is 0 Å². The van der Waals surface area contributed by atoms with E-state index in [1.165, 1.54) is 4.57 Å². The molecule has 3 rings (SSSR count). The zero-order valence-corrected chi connectivity index (χ0v) is 14.3. The van der Waals surface area contributed by atoms with Gasteiger partial charge in [-0.1, -0.05) is 52.3 Å². The third kappa shape index (κ3) is 2.80. The van der Waals surface area contributed by atoms with Crippen LogP contribution in [0.25, 0.3) is 16.6 Å². The monoisotopic (exact) mass is 386 g/mol. The van der Waals surface area contributed by atoms with Crippen LogP contribution in [0.15, 0.2) is 59.4 Å². The quantitative estimate of drug-likeness (QED) is 0.658. The van der Waals surface area contributed by atoms with Crippen LogP contribution < -0.4 is 10.9 Å². The van der Waals surface area contributed by atoms with Crippen molar-refractivity contribution >= 4 is 38.5 Å². The van der Waals surface area contributed by atoms with Crippen molar-refractivity contribution in [2.75, 3.05) is 17.2 Å². The molecule has 122 valence electrons. The fraction of sp³-hybridized carbons (Fsp3) is 0.111. The maximum atomic E-state index is 12.9. The van der Waals surface area contributed by atoms with E-state index in [4.69, 9.17) is 0 Å². The van der Waals surface area contributed by atoms with Gasteiger partial charge in [-0.25, -0.2) is 4.79 Å². The Morgan fingerprint density at radius 1 is 1.08 bits per heavy atom. The second-order valence-corrected chi connectivity index (χ2v) is 5.96. The predicted octanol–water partition coefficient (Wildman–Crippen LogP) is 3.50. The van der Waals surface area contributed by atoms with Crippen molar-refractivity contribution in [3.05, 3.63) is 70.5 Å². The number of hydrogen-bond donors (Lipinski definition) is 2. The lowest BCUT2D eigenvalue weighted by molar-refractivity contribution is 0.0696. The molecule has 6 heteroatoms. The first-order valence-corrected chi connectivity index (χ1v) is 8.53. The lowest BCUT2D eigenvalue weighted by atomic mass is 10.1. The van der Waals surface area contributed by atoms with Crippen LogP contribution in [0, 0.1) is 0 Å². The number of rotatable bonds is 5. The van der Waals surface area contributed by atoms with Gasteiger partial charge in [-0.15, -0.1) is 0 Å². The summed E-state index contributed by atoms with van der Waals surface area (Å²) in [6.07, 6.45) is 0. The number of nitrogens with one attached hydrogen (secondary N) is 1. The number of para-hydroxylation sites is 2. The average molecular weight is 387 g/mol. The Morgan fingerprint density at radius 3 is 2.42 bits per heavy atom. The van der Waals surface area contributed by atoms with Crippen LogP contribution in [0.2, 0.25) is 0 Å². The molecule has 24 heavy (non-hydrogen) atoms. The molecule has 3 aromatic rings. The van der Waals surface area contributed by atoms with Crippen LogP contribution in [-0.4, -0.2) is 27.5 Å². The first-order chi connectivity index (χ1) is 11.6. The van der Waals surface area contributed by atoms with E-state index in [0.717, 1.165) is 0 Å². The van der Waals surface area contributed by atoms with Crippen molar-refractivity contribution < 1.29 is 9.90 Å². The summed E-state index contributed by atoms with van der Waals surface area (Å²) in [5.74, 6) is -1.24. The SMILES string of the molecule is O=C(O)c1c(NCCBr)c2ccccc2n(-c2ccccc2)c1=O. The number of pyridine rings is 1. The van der Waals surface area contributed by atoms with Gasteiger partial charge in [-0.3, -0.25) is 9.36 Å². The number of aromatic nitrogens is 1. The molecule has 2 N–H and O–H groups in total. The Bertz CT molecular complexity index is 952. The van der Waals surface area contributed by atoms with Gasteiger partial charge in [-0.2, -0.15) is 0 Å². The summed E-state index contributed by atoms with van der Waals surface area (Å²) >= 11 is 3.31. The van der Waals surface area contributed by atoms with Crippen LogP contribution >= 0.6 is 15.9 Å². The number of nitrogens with zero attached hydrogens (tertiary/aromatic N) is 1. The third-order valence-electron chi connectivity index (χ3n) is 3.71. The minimum Gasteiger partial charge on any atom is -0.477 e. The Labute approximate surface area is 146 Å². The van der Waals surface area contributed by atoms with Crippen LogP contribution in [0.4, 0.5) is 5.69 Å². The molecule has 0 fully saturated rings. The standard InChI is InChI=1S/C18H15BrN2O3/c19-10-11-20-16-13-8-4-5-9-14(13)21(12-6-2-1-3-7-12)17(22)15(16)18(23)24/h1-9,20H,10-11H2,(H,23,24). The molecular formula is C18H15BrN2O3. The summed E-state index contributed by atoms with van der Waals surface area (Å²) in [7, 11) is 0. The van der Waals surface area contributed by atoms with Gasteiger partial charge in [0.2, 0.25) is 0 Å². The van der Waals surface area contributed by atoms with Crippen molar-refractivity contribution in [2.45, 2.75) is 0 Å². The van der Waals surface area contributed by atoms with E-state index in [9.17, 15) is 14.7 Å². The molecule has 0 aliphatic carbocycles. The molecule has 1 aromatic heterocycles. The topological polar surface area (TPSA) is 71.3 Å². The first-order valence-electron chi connectivity index (χ1n) is 7.41. The molecule has 1 heterocycles. The predicted molar refractivity (Wildman–Crippen MR) is 98.8 cm³/mol. The van der Waals surface area contributed by atoms with Gasteiger partial charge < -0.3 is 10.4 Å². The number of benzene rings is 2. The highest BCUT2D eigenvalue weighted by atomic mass is 79.9. The number of anilines is 1. The van der Waals surface area contributed by atoms with E-state index in [2.05, 4.69) is 21.2 Å². The summed E-state index contributed by atoms with van der Waals surface area (Å²) < 4.78 is 1.44. The summed E-state index contributed by atoms with van der Waals surface area (Å²) in [5, 5.41) is 14.0. The van der Waals surface area contributed by atoms with Crippen molar-refractivity contribution in [2.24, 2.45) is 0 Å². The minimum atomic E-state index is -1.24. The van der Waals surface area contributed by atoms with Gasteiger partial charge in [-0.05, 0) is 18.2 Å². The molecule has 2 aromatic carbocycles. The minimum absolute atomic E-state index is 0.251. The number of carboxylic acids is 1. The highest BCUT2D eigenvalue weighted by Crippen LogP contribution is 2.27. The number of halogens is 1. The van der Waals surface area contributed by atoms with E-state index in [1.54, 1.807) is 12.1 Å². The van der Waals surface area contributed by atoms with E-state index in [0.29, 0.717) is 34.2 Å².